The minimum atomic E-state index is -2.11. The summed E-state index contributed by atoms with van der Waals surface area (Å²) in [6.45, 7) is 0. The first-order valence-electron chi connectivity index (χ1n) is 3.79. The number of carboxylic acids is 1. The van der Waals surface area contributed by atoms with Gasteiger partial charge >= 0.3 is 11.7 Å². The van der Waals surface area contributed by atoms with Crippen LogP contribution in [0.15, 0.2) is 18.2 Å². The van der Waals surface area contributed by atoms with Crippen LogP contribution in [0.4, 0.5) is 10.1 Å². The lowest BCUT2D eigenvalue weighted by Crippen LogP contribution is -2.13. The molecule has 0 amide bonds. The van der Waals surface area contributed by atoms with Crippen molar-refractivity contribution in [2.24, 2.45) is 0 Å². The molecule has 0 spiro atoms. The molecule has 80 valence electrons. The normalized spacial score (nSPS) is 12.1. The number of rotatable bonds is 3. The molecule has 1 rings (SSSR count). The summed E-state index contributed by atoms with van der Waals surface area (Å²) in [4.78, 5) is 19.7. The molecule has 1 atom stereocenters. The second-order valence-corrected chi connectivity index (χ2v) is 2.68. The number of aliphatic hydroxyl groups excluding tert-OH is 1. The molecule has 0 radical (unpaired) electrons. The monoisotopic (exact) mass is 215 g/mol. The molecule has 1 aromatic carbocycles. The fourth-order valence-corrected chi connectivity index (χ4v) is 1.08. The Labute approximate surface area is 82.7 Å². The lowest BCUT2D eigenvalue weighted by Gasteiger charge is -2.06. The maximum atomic E-state index is 13.0. The molecule has 0 aromatic heterocycles. The Morgan fingerprint density at radius 2 is 2.13 bits per heavy atom. The van der Waals surface area contributed by atoms with E-state index in [1.54, 1.807) is 0 Å². The summed E-state index contributed by atoms with van der Waals surface area (Å²) >= 11 is 0. The van der Waals surface area contributed by atoms with E-state index < -0.39 is 34.1 Å². The highest BCUT2D eigenvalue weighted by atomic mass is 19.1. The first kappa shape index (κ1) is 11.1. The number of hydrogen-bond donors (Lipinski definition) is 2. The number of aliphatic hydroxyl groups is 1. The van der Waals surface area contributed by atoms with Gasteiger partial charge in [0.05, 0.1) is 10.5 Å². The van der Waals surface area contributed by atoms with Gasteiger partial charge in [-0.1, -0.05) is 6.07 Å². The fourth-order valence-electron chi connectivity index (χ4n) is 1.08. The van der Waals surface area contributed by atoms with E-state index in [2.05, 4.69) is 0 Å². The van der Waals surface area contributed by atoms with Crippen LogP contribution in [0.1, 0.15) is 11.7 Å². The Kier molecular flexibility index (Phi) is 2.96. The number of halogens is 1. The number of nitro benzene ring substituents is 1. The molecule has 1 unspecified atom stereocenters. The largest absolute Gasteiger partial charge is 0.479 e. The van der Waals surface area contributed by atoms with Crippen molar-refractivity contribution in [3.05, 3.63) is 39.7 Å². The molecule has 0 aliphatic heterocycles. The van der Waals surface area contributed by atoms with Crippen molar-refractivity contribution in [1.82, 2.24) is 0 Å². The number of hydrogen-bond acceptors (Lipinski definition) is 4. The Bertz CT molecular complexity index is 419. The van der Waals surface area contributed by atoms with Crippen molar-refractivity contribution in [1.29, 1.82) is 0 Å². The van der Waals surface area contributed by atoms with Gasteiger partial charge in [-0.2, -0.15) is 4.39 Å². The first-order valence-corrected chi connectivity index (χ1v) is 3.79. The van der Waals surface area contributed by atoms with Gasteiger partial charge in [-0.15, -0.1) is 0 Å². The van der Waals surface area contributed by atoms with E-state index in [0.29, 0.717) is 0 Å². The summed E-state index contributed by atoms with van der Waals surface area (Å²) in [5.74, 6) is -2.86. The summed E-state index contributed by atoms with van der Waals surface area (Å²) in [5, 5.41) is 27.9. The van der Waals surface area contributed by atoms with E-state index in [9.17, 15) is 19.3 Å². The van der Waals surface area contributed by atoms with Gasteiger partial charge in [0.15, 0.2) is 6.10 Å². The smallest absolute Gasteiger partial charge is 0.337 e. The van der Waals surface area contributed by atoms with Crippen LogP contribution >= 0.6 is 0 Å². The summed E-state index contributed by atoms with van der Waals surface area (Å²) in [6.07, 6.45) is -2.11. The van der Waals surface area contributed by atoms with Crippen molar-refractivity contribution in [3.63, 3.8) is 0 Å². The SMILES string of the molecule is O=C(O)C(O)c1cccc(F)c1[N+](=O)[O-]. The summed E-state index contributed by atoms with van der Waals surface area (Å²) in [5.41, 5.74) is -1.60. The molecular weight excluding hydrogens is 209 g/mol. The van der Waals surface area contributed by atoms with Crippen LogP contribution < -0.4 is 0 Å². The fraction of sp³-hybridized carbons (Fsp3) is 0.125. The maximum Gasteiger partial charge on any atom is 0.337 e. The zero-order valence-electron chi connectivity index (χ0n) is 7.25. The second-order valence-electron chi connectivity index (χ2n) is 2.68. The molecule has 1 aromatic rings. The van der Waals surface area contributed by atoms with Crippen molar-refractivity contribution in [2.45, 2.75) is 6.10 Å². The van der Waals surface area contributed by atoms with Crippen molar-refractivity contribution >= 4 is 11.7 Å². The lowest BCUT2D eigenvalue weighted by atomic mass is 10.1. The number of aliphatic carboxylic acids is 1. The van der Waals surface area contributed by atoms with Crippen LogP contribution in [0.5, 0.6) is 0 Å². The van der Waals surface area contributed by atoms with Crippen molar-refractivity contribution in [2.75, 3.05) is 0 Å². The molecule has 0 bridgehead atoms. The molecule has 0 saturated heterocycles. The summed E-state index contributed by atoms with van der Waals surface area (Å²) < 4.78 is 13.0. The third-order valence-electron chi connectivity index (χ3n) is 1.73. The highest BCUT2D eigenvalue weighted by Crippen LogP contribution is 2.27. The van der Waals surface area contributed by atoms with Crippen molar-refractivity contribution < 1.29 is 24.3 Å². The molecule has 0 aliphatic carbocycles. The molecule has 2 N–H and O–H groups in total. The van der Waals surface area contributed by atoms with E-state index in [4.69, 9.17) is 10.2 Å². The van der Waals surface area contributed by atoms with Gasteiger partial charge < -0.3 is 10.2 Å². The third-order valence-corrected chi connectivity index (χ3v) is 1.73. The topological polar surface area (TPSA) is 101 Å². The van der Waals surface area contributed by atoms with Gasteiger partial charge in [-0.05, 0) is 12.1 Å². The molecular formula is C8H6FNO5. The van der Waals surface area contributed by atoms with E-state index >= 15 is 0 Å². The average Bonchev–Trinajstić information content (AvgIpc) is 2.15. The highest BCUT2D eigenvalue weighted by molar-refractivity contribution is 5.75. The van der Waals surface area contributed by atoms with E-state index in [0.717, 1.165) is 18.2 Å². The average molecular weight is 215 g/mol. The molecule has 0 fully saturated rings. The Hall–Kier alpha value is -2.02. The van der Waals surface area contributed by atoms with Crippen LogP contribution in [-0.2, 0) is 4.79 Å². The molecule has 7 heteroatoms. The Morgan fingerprint density at radius 1 is 1.53 bits per heavy atom. The van der Waals surface area contributed by atoms with Crippen LogP contribution in [-0.4, -0.2) is 21.1 Å². The quantitative estimate of drug-likeness (QED) is 0.575. The number of para-hydroxylation sites is 1. The molecule has 0 saturated carbocycles. The third kappa shape index (κ3) is 2.08. The van der Waals surface area contributed by atoms with Crippen LogP contribution in [0, 0.1) is 15.9 Å². The maximum absolute atomic E-state index is 13.0. The van der Waals surface area contributed by atoms with Gasteiger partial charge in [0, 0.05) is 0 Å². The van der Waals surface area contributed by atoms with Crippen LogP contribution in [0.2, 0.25) is 0 Å². The van der Waals surface area contributed by atoms with Gasteiger partial charge in [-0.25, -0.2) is 4.79 Å². The predicted octanol–water partition coefficient (Wildman–Crippen LogP) is 0.852. The van der Waals surface area contributed by atoms with Gasteiger partial charge in [0.1, 0.15) is 0 Å². The Balaban J connectivity index is 3.35. The number of benzene rings is 1. The van der Waals surface area contributed by atoms with Crippen molar-refractivity contribution in [3.8, 4) is 0 Å². The standard InChI is InChI=1S/C8H6FNO5/c9-5-3-1-2-4(6(5)10(14)15)7(11)8(12)13/h1-3,7,11H,(H,12,13). The van der Waals surface area contributed by atoms with Gasteiger partial charge in [0.2, 0.25) is 5.82 Å². The highest BCUT2D eigenvalue weighted by Gasteiger charge is 2.28. The first-order chi connectivity index (χ1) is 6.95. The number of carboxylic acid groups (broad SMARTS) is 1. The molecule has 0 aliphatic rings. The van der Waals surface area contributed by atoms with Gasteiger partial charge in [-0.3, -0.25) is 10.1 Å². The predicted molar refractivity (Wildman–Crippen MR) is 45.7 cm³/mol. The van der Waals surface area contributed by atoms with E-state index in [1.807, 2.05) is 0 Å². The van der Waals surface area contributed by atoms with Crippen LogP contribution in [0.3, 0.4) is 0 Å². The number of nitro groups is 1. The van der Waals surface area contributed by atoms with E-state index in [-0.39, 0.29) is 0 Å². The van der Waals surface area contributed by atoms with E-state index in [1.165, 1.54) is 0 Å². The Morgan fingerprint density at radius 3 is 2.60 bits per heavy atom. The summed E-state index contributed by atoms with van der Waals surface area (Å²) in [7, 11) is 0. The number of nitrogens with zero attached hydrogens (tertiary/aromatic N) is 1. The number of carbonyl (C=O) groups is 1. The van der Waals surface area contributed by atoms with Gasteiger partial charge in [0.25, 0.3) is 0 Å². The molecule has 15 heavy (non-hydrogen) atoms. The lowest BCUT2D eigenvalue weighted by molar-refractivity contribution is -0.388. The zero-order valence-corrected chi connectivity index (χ0v) is 7.25. The van der Waals surface area contributed by atoms with Crippen LogP contribution in [0.25, 0.3) is 0 Å². The minimum Gasteiger partial charge on any atom is -0.479 e. The minimum absolute atomic E-state index is 0.576. The molecule has 6 nitrogen and oxygen atoms in total. The zero-order chi connectivity index (χ0) is 11.6. The molecule has 0 heterocycles. The summed E-state index contributed by atoms with van der Waals surface area (Å²) in [6, 6.07) is 2.89. The second kappa shape index (κ2) is 4.01.